The summed E-state index contributed by atoms with van der Waals surface area (Å²) in [6.07, 6.45) is -3.34. The number of carbonyl (C=O) groups is 2. The van der Waals surface area contributed by atoms with Crippen LogP contribution in [0, 0.1) is 17.5 Å². The van der Waals surface area contributed by atoms with Crippen molar-refractivity contribution in [1.82, 2.24) is 25.4 Å². The van der Waals surface area contributed by atoms with E-state index in [1.807, 2.05) is 0 Å². The number of amides is 2. The number of fused-ring (bicyclic) bond motifs is 1. The molecule has 0 aliphatic carbocycles. The molecule has 0 bridgehead atoms. The lowest BCUT2D eigenvalue weighted by atomic mass is 9.89. The Morgan fingerprint density at radius 2 is 1.79 bits per heavy atom. The number of hydrogen-bond acceptors (Lipinski definition) is 5. The number of halogens is 6. The summed E-state index contributed by atoms with van der Waals surface area (Å²) in [7, 11) is 0. The minimum absolute atomic E-state index is 0.0148. The van der Waals surface area contributed by atoms with Crippen molar-refractivity contribution < 1.29 is 35.9 Å². The summed E-state index contributed by atoms with van der Waals surface area (Å²) in [5, 5.41) is 9.36. The highest BCUT2D eigenvalue weighted by Crippen LogP contribution is 2.35. The third kappa shape index (κ3) is 6.53. The molecule has 1 atom stereocenters. The molecule has 1 unspecified atom stereocenters. The van der Waals surface area contributed by atoms with Gasteiger partial charge in [0.2, 0.25) is 5.91 Å². The number of nitrogens with one attached hydrogen (secondary N) is 2. The minimum Gasteiger partial charge on any atom is -0.366 e. The fraction of sp³-hybridized carbons (Fsp3) is 0.241. The number of aromatic nitrogens is 3. The van der Waals surface area contributed by atoms with Crippen LogP contribution in [-0.2, 0) is 37.0 Å². The van der Waals surface area contributed by atoms with Crippen molar-refractivity contribution in [3.8, 4) is 11.1 Å². The van der Waals surface area contributed by atoms with Gasteiger partial charge in [-0.05, 0) is 47.9 Å². The van der Waals surface area contributed by atoms with E-state index in [0.717, 1.165) is 18.2 Å². The van der Waals surface area contributed by atoms with Gasteiger partial charge in [0, 0.05) is 48.9 Å². The Kier molecular flexibility index (Phi) is 8.22. The van der Waals surface area contributed by atoms with Gasteiger partial charge in [-0.15, -0.1) is 0 Å². The van der Waals surface area contributed by atoms with Gasteiger partial charge in [-0.1, -0.05) is 12.1 Å². The second kappa shape index (κ2) is 11.9. The highest BCUT2D eigenvalue weighted by molar-refractivity contribution is 5.94. The fourth-order valence-electron chi connectivity index (χ4n) is 5.19. The number of nitrogens with two attached hydrogens (primary N) is 1. The van der Waals surface area contributed by atoms with E-state index >= 15 is 0 Å². The molecule has 0 radical (unpaired) electrons. The fourth-order valence-corrected chi connectivity index (χ4v) is 5.19. The van der Waals surface area contributed by atoms with Gasteiger partial charge in [0.15, 0.2) is 0 Å². The van der Waals surface area contributed by atoms with Crippen molar-refractivity contribution >= 4 is 11.8 Å². The molecule has 3 heterocycles. The molecule has 0 fully saturated rings. The zero-order valence-electron chi connectivity index (χ0n) is 22.3. The van der Waals surface area contributed by atoms with E-state index in [1.54, 1.807) is 12.1 Å². The van der Waals surface area contributed by atoms with Gasteiger partial charge >= 0.3 is 6.18 Å². The molecule has 2 amide bonds. The van der Waals surface area contributed by atoms with Crippen LogP contribution in [0.15, 0.2) is 54.7 Å². The van der Waals surface area contributed by atoms with Crippen molar-refractivity contribution in [2.45, 2.75) is 38.1 Å². The number of primary amides is 1. The molecule has 1 aliphatic rings. The van der Waals surface area contributed by atoms with Gasteiger partial charge < -0.3 is 16.4 Å². The summed E-state index contributed by atoms with van der Waals surface area (Å²) in [5.41, 5.74) is 5.42. The molecule has 2 aromatic heterocycles. The van der Waals surface area contributed by atoms with Crippen LogP contribution in [0.4, 0.5) is 26.3 Å². The first-order valence-corrected chi connectivity index (χ1v) is 13.0. The van der Waals surface area contributed by atoms with E-state index in [9.17, 15) is 35.9 Å². The van der Waals surface area contributed by atoms with Gasteiger partial charge in [0.05, 0.1) is 17.0 Å². The zero-order valence-corrected chi connectivity index (χ0v) is 22.3. The predicted octanol–water partition coefficient (Wildman–Crippen LogP) is 4.23. The van der Waals surface area contributed by atoms with Crippen LogP contribution in [-0.4, -0.2) is 33.1 Å². The Balaban J connectivity index is 1.46. The van der Waals surface area contributed by atoms with Crippen LogP contribution in [0.25, 0.3) is 11.1 Å². The SMILES string of the molecule is NC(=O)c1cc(-c2cccnc2C(CNC(=O)Cn2nc3c(c2C(F)(F)F)CNC3)Cc2cc(F)cc(F)c2)ccc1F. The highest BCUT2D eigenvalue weighted by Gasteiger charge is 2.41. The summed E-state index contributed by atoms with van der Waals surface area (Å²) in [4.78, 5) is 29.1. The Morgan fingerprint density at radius 1 is 1.05 bits per heavy atom. The van der Waals surface area contributed by atoms with Crippen LogP contribution in [0.1, 0.15) is 44.5 Å². The number of nitrogens with zero attached hydrogens (tertiary/aromatic N) is 3. The first-order valence-electron chi connectivity index (χ1n) is 13.0. The summed E-state index contributed by atoms with van der Waals surface area (Å²) in [5.74, 6) is -5.04. The lowest BCUT2D eigenvalue weighted by Crippen LogP contribution is -2.34. The zero-order chi connectivity index (χ0) is 30.9. The summed E-state index contributed by atoms with van der Waals surface area (Å²) < 4.78 is 84.3. The number of benzene rings is 2. The van der Waals surface area contributed by atoms with Gasteiger partial charge in [-0.2, -0.15) is 18.3 Å². The molecular weight excluding hydrogens is 578 g/mol. The summed E-state index contributed by atoms with van der Waals surface area (Å²) in [6, 6.07) is 9.80. The Labute approximate surface area is 240 Å². The van der Waals surface area contributed by atoms with E-state index in [2.05, 4.69) is 20.7 Å². The summed E-state index contributed by atoms with van der Waals surface area (Å²) in [6.45, 7) is -0.809. The molecule has 1 aliphatic heterocycles. The topological polar surface area (TPSA) is 115 Å². The van der Waals surface area contributed by atoms with E-state index in [1.165, 1.54) is 18.3 Å². The molecule has 0 saturated heterocycles. The number of carbonyl (C=O) groups excluding carboxylic acids is 2. The number of hydrogen-bond donors (Lipinski definition) is 3. The largest absolute Gasteiger partial charge is 0.433 e. The lowest BCUT2D eigenvalue weighted by Gasteiger charge is -2.21. The molecule has 43 heavy (non-hydrogen) atoms. The second-order valence-electron chi connectivity index (χ2n) is 10.0. The van der Waals surface area contributed by atoms with Crippen LogP contribution in [0.5, 0.6) is 0 Å². The molecule has 4 aromatic rings. The van der Waals surface area contributed by atoms with Gasteiger partial charge in [-0.25, -0.2) is 13.2 Å². The van der Waals surface area contributed by atoms with Crippen molar-refractivity contribution in [1.29, 1.82) is 0 Å². The molecule has 2 aromatic carbocycles. The van der Waals surface area contributed by atoms with Crippen LogP contribution >= 0.6 is 0 Å². The standard InChI is InChI=1S/C29H24F6N6O2/c30-18-7-15(8-19(31)10-18)6-17(26-20(2-1-5-38-26)16-3-4-23(32)21(9-16)28(36)43)11-39-25(42)14-41-27(29(33,34)35)22-12-37-13-24(22)40-41/h1-5,7-10,17,37H,6,11-14H2,(H2,36,43)(H,39,42). The predicted molar refractivity (Wildman–Crippen MR) is 142 cm³/mol. The Morgan fingerprint density at radius 3 is 2.49 bits per heavy atom. The molecular formula is C29H24F6N6O2. The smallest absolute Gasteiger partial charge is 0.366 e. The molecule has 0 spiro atoms. The third-order valence-corrected chi connectivity index (χ3v) is 7.01. The number of rotatable bonds is 9. The monoisotopic (exact) mass is 602 g/mol. The molecule has 0 saturated carbocycles. The summed E-state index contributed by atoms with van der Waals surface area (Å²) >= 11 is 0. The first-order chi connectivity index (χ1) is 20.4. The average Bonchev–Trinajstić information content (AvgIpc) is 3.51. The molecule has 5 rings (SSSR count). The minimum atomic E-state index is -4.74. The first kappa shape index (κ1) is 29.8. The van der Waals surface area contributed by atoms with E-state index in [-0.39, 0.29) is 48.4 Å². The van der Waals surface area contributed by atoms with E-state index in [0.29, 0.717) is 27.6 Å². The van der Waals surface area contributed by atoms with Crippen molar-refractivity contribution in [3.05, 3.63) is 106 Å². The van der Waals surface area contributed by atoms with Crippen molar-refractivity contribution in [2.24, 2.45) is 5.73 Å². The van der Waals surface area contributed by atoms with E-state index < -0.39 is 53.6 Å². The maximum absolute atomic E-state index is 14.2. The van der Waals surface area contributed by atoms with Gasteiger partial charge in [0.25, 0.3) is 5.91 Å². The maximum Gasteiger partial charge on any atom is 0.433 e. The Hall–Kier alpha value is -4.72. The lowest BCUT2D eigenvalue weighted by molar-refractivity contribution is -0.145. The molecule has 14 heteroatoms. The van der Waals surface area contributed by atoms with Crippen LogP contribution in [0.3, 0.4) is 0 Å². The van der Waals surface area contributed by atoms with Crippen molar-refractivity contribution in [3.63, 3.8) is 0 Å². The normalized spacial score (nSPS) is 13.5. The third-order valence-electron chi connectivity index (χ3n) is 7.01. The quantitative estimate of drug-likeness (QED) is 0.248. The van der Waals surface area contributed by atoms with Gasteiger partial charge in [0.1, 0.15) is 29.7 Å². The molecule has 8 nitrogen and oxygen atoms in total. The highest BCUT2D eigenvalue weighted by atomic mass is 19.4. The van der Waals surface area contributed by atoms with Crippen molar-refractivity contribution in [2.75, 3.05) is 6.54 Å². The number of alkyl halides is 3. The maximum atomic E-state index is 14.2. The van der Waals surface area contributed by atoms with Crippen LogP contribution in [0.2, 0.25) is 0 Å². The average molecular weight is 603 g/mol. The van der Waals surface area contributed by atoms with E-state index in [4.69, 9.17) is 5.73 Å². The Bertz CT molecular complexity index is 1680. The van der Waals surface area contributed by atoms with Gasteiger partial charge in [-0.3, -0.25) is 19.3 Å². The molecule has 4 N–H and O–H groups in total. The second-order valence-corrected chi connectivity index (χ2v) is 10.0. The van der Waals surface area contributed by atoms with Crippen LogP contribution < -0.4 is 16.4 Å². The number of pyridine rings is 1. The molecule has 224 valence electrons.